The van der Waals surface area contributed by atoms with E-state index in [4.69, 9.17) is 25.8 Å². The third-order valence-corrected chi connectivity index (χ3v) is 3.52. The van der Waals surface area contributed by atoms with E-state index >= 15 is 0 Å². The van der Waals surface area contributed by atoms with Crippen LogP contribution in [0.5, 0.6) is 11.5 Å². The number of benzene rings is 2. The van der Waals surface area contributed by atoms with Gasteiger partial charge in [-0.15, -0.1) is 0 Å². The molecule has 0 aliphatic carbocycles. The van der Waals surface area contributed by atoms with Crippen molar-refractivity contribution in [3.63, 3.8) is 0 Å². The SMILES string of the molecule is COc1cccc(CC(=O)OCC(=O)Nc2cc(Cl)ccc2OC)c1. The van der Waals surface area contributed by atoms with Gasteiger partial charge in [0, 0.05) is 5.02 Å². The molecule has 2 aromatic carbocycles. The predicted octanol–water partition coefficient (Wildman–Crippen LogP) is 3.08. The van der Waals surface area contributed by atoms with Crippen molar-refractivity contribution in [2.45, 2.75) is 6.42 Å². The van der Waals surface area contributed by atoms with Crippen LogP contribution in [-0.4, -0.2) is 32.7 Å². The maximum absolute atomic E-state index is 11.9. The molecule has 0 aliphatic rings. The minimum atomic E-state index is -0.513. The number of hydrogen-bond acceptors (Lipinski definition) is 5. The molecular formula is C18H18ClNO5. The molecule has 0 aliphatic heterocycles. The molecule has 2 aromatic rings. The van der Waals surface area contributed by atoms with Crippen molar-refractivity contribution in [1.29, 1.82) is 0 Å². The lowest BCUT2D eigenvalue weighted by atomic mass is 10.1. The molecule has 132 valence electrons. The molecule has 0 radical (unpaired) electrons. The molecule has 0 aromatic heterocycles. The molecule has 2 rings (SSSR count). The number of carbonyl (C=O) groups excluding carboxylic acids is 2. The number of hydrogen-bond donors (Lipinski definition) is 1. The minimum absolute atomic E-state index is 0.0466. The highest BCUT2D eigenvalue weighted by atomic mass is 35.5. The van der Waals surface area contributed by atoms with E-state index in [1.165, 1.54) is 7.11 Å². The Balaban J connectivity index is 1.87. The number of nitrogens with one attached hydrogen (secondary N) is 1. The number of ether oxygens (including phenoxy) is 3. The first-order valence-electron chi connectivity index (χ1n) is 7.43. The van der Waals surface area contributed by atoms with Crippen molar-refractivity contribution >= 4 is 29.2 Å². The van der Waals surface area contributed by atoms with Crippen LogP contribution < -0.4 is 14.8 Å². The molecule has 0 fully saturated rings. The molecule has 7 heteroatoms. The van der Waals surface area contributed by atoms with Crippen molar-refractivity contribution in [1.82, 2.24) is 0 Å². The number of halogens is 1. The quantitative estimate of drug-likeness (QED) is 0.765. The Morgan fingerprint density at radius 3 is 2.60 bits per heavy atom. The molecule has 6 nitrogen and oxygen atoms in total. The zero-order chi connectivity index (χ0) is 18.2. The number of esters is 1. The van der Waals surface area contributed by atoms with Crippen LogP contribution in [0.15, 0.2) is 42.5 Å². The second-order valence-electron chi connectivity index (χ2n) is 5.08. The summed E-state index contributed by atoms with van der Waals surface area (Å²) in [6.07, 6.45) is 0.0466. The molecule has 0 saturated carbocycles. The van der Waals surface area contributed by atoms with Crippen LogP contribution in [-0.2, 0) is 20.7 Å². The van der Waals surface area contributed by atoms with Gasteiger partial charge in [-0.1, -0.05) is 23.7 Å². The number of anilines is 1. The van der Waals surface area contributed by atoms with Crippen molar-refractivity contribution < 1.29 is 23.8 Å². The van der Waals surface area contributed by atoms with Crippen LogP contribution in [0, 0.1) is 0 Å². The number of carbonyl (C=O) groups is 2. The van der Waals surface area contributed by atoms with E-state index in [1.807, 2.05) is 0 Å². The summed E-state index contributed by atoms with van der Waals surface area (Å²) in [4.78, 5) is 23.8. The minimum Gasteiger partial charge on any atom is -0.497 e. The lowest BCUT2D eigenvalue weighted by molar-refractivity contribution is -0.146. The Morgan fingerprint density at radius 2 is 1.88 bits per heavy atom. The molecule has 1 N–H and O–H groups in total. The van der Waals surface area contributed by atoms with Gasteiger partial charge >= 0.3 is 5.97 Å². The number of rotatable bonds is 7. The average molecular weight is 364 g/mol. The summed E-state index contributed by atoms with van der Waals surface area (Å²) in [5.74, 6) is 0.109. The van der Waals surface area contributed by atoms with Gasteiger partial charge in [0.15, 0.2) is 6.61 Å². The van der Waals surface area contributed by atoms with Crippen molar-refractivity contribution in [3.05, 3.63) is 53.1 Å². The second-order valence-corrected chi connectivity index (χ2v) is 5.52. The first kappa shape index (κ1) is 18.6. The largest absolute Gasteiger partial charge is 0.497 e. The van der Waals surface area contributed by atoms with E-state index in [9.17, 15) is 9.59 Å². The van der Waals surface area contributed by atoms with Crippen LogP contribution in [0.2, 0.25) is 5.02 Å². The fraction of sp³-hybridized carbons (Fsp3) is 0.222. The lowest BCUT2D eigenvalue weighted by Crippen LogP contribution is -2.22. The summed E-state index contributed by atoms with van der Waals surface area (Å²) in [7, 11) is 3.03. The first-order chi connectivity index (χ1) is 12.0. The van der Waals surface area contributed by atoms with E-state index < -0.39 is 18.5 Å². The first-order valence-corrected chi connectivity index (χ1v) is 7.81. The molecular weight excluding hydrogens is 346 g/mol. The summed E-state index contributed by atoms with van der Waals surface area (Å²) in [6.45, 7) is -0.404. The third-order valence-electron chi connectivity index (χ3n) is 3.28. The highest BCUT2D eigenvalue weighted by Crippen LogP contribution is 2.27. The van der Waals surface area contributed by atoms with E-state index in [1.54, 1.807) is 49.6 Å². The van der Waals surface area contributed by atoms with Gasteiger partial charge in [-0.05, 0) is 35.9 Å². The number of amides is 1. The highest BCUT2D eigenvalue weighted by molar-refractivity contribution is 6.31. The monoisotopic (exact) mass is 363 g/mol. The average Bonchev–Trinajstić information content (AvgIpc) is 2.60. The normalized spacial score (nSPS) is 10.0. The highest BCUT2D eigenvalue weighted by Gasteiger charge is 2.12. The summed E-state index contributed by atoms with van der Waals surface area (Å²) in [6, 6.07) is 11.9. The van der Waals surface area contributed by atoms with Crippen LogP contribution in [0.1, 0.15) is 5.56 Å². The summed E-state index contributed by atoms with van der Waals surface area (Å²) in [5, 5.41) is 3.04. The van der Waals surface area contributed by atoms with Crippen LogP contribution in [0.4, 0.5) is 5.69 Å². The van der Waals surface area contributed by atoms with Gasteiger partial charge in [-0.3, -0.25) is 9.59 Å². The zero-order valence-corrected chi connectivity index (χ0v) is 14.6. The van der Waals surface area contributed by atoms with Gasteiger partial charge in [-0.25, -0.2) is 0 Å². The topological polar surface area (TPSA) is 73.9 Å². The van der Waals surface area contributed by atoms with Crippen molar-refractivity contribution in [3.8, 4) is 11.5 Å². The van der Waals surface area contributed by atoms with Gasteiger partial charge < -0.3 is 19.5 Å². The van der Waals surface area contributed by atoms with Crippen molar-refractivity contribution in [2.24, 2.45) is 0 Å². The fourth-order valence-corrected chi connectivity index (χ4v) is 2.28. The summed E-state index contributed by atoms with van der Waals surface area (Å²) >= 11 is 5.90. The number of methoxy groups -OCH3 is 2. The maximum Gasteiger partial charge on any atom is 0.310 e. The Bertz CT molecular complexity index is 763. The third kappa shape index (κ3) is 5.69. The summed E-state index contributed by atoms with van der Waals surface area (Å²) < 4.78 is 15.2. The Kier molecular flexibility index (Phi) is 6.65. The molecule has 0 spiro atoms. The Hall–Kier alpha value is -2.73. The van der Waals surface area contributed by atoms with Gasteiger partial charge in [0.25, 0.3) is 5.91 Å². The van der Waals surface area contributed by atoms with Crippen molar-refractivity contribution in [2.75, 3.05) is 26.1 Å². The van der Waals surface area contributed by atoms with E-state index in [0.29, 0.717) is 22.2 Å². The summed E-state index contributed by atoms with van der Waals surface area (Å²) in [5.41, 5.74) is 1.14. The maximum atomic E-state index is 11.9. The molecule has 1 amide bonds. The van der Waals surface area contributed by atoms with Crippen LogP contribution in [0.3, 0.4) is 0 Å². The lowest BCUT2D eigenvalue weighted by Gasteiger charge is -2.11. The van der Waals surface area contributed by atoms with Crippen LogP contribution in [0.25, 0.3) is 0 Å². The van der Waals surface area contributed by atoms with Gasteiger partial charge in [0.2, 0.25) is 0 Å². The van der Waals surface area contributed by atoms with Gasteiger partial charge in [-0.2, -0.15) is 0 Å². The van der Waals surface area contributed by atoms with Gasteiger partial charge in [0.05, 0.1) is 26.3 Å². The van der Waals surface area contributed by atoms with E-state index in [-0.39, 0.29) is 6.42 Å². The molecule has 25 heavy (non-hydrogen) atoms. The Morgan fingerprint density at radius 1 is 1.08 bits per heavy atom. The molecule has 0 atom stereocenters. The standard InChI is InChI=1S/C18H18ClNO5/c1-23-14-5-3-4-12(8-14)9-18(22)25-11-17(21)20-15-10-13(19)6-7-16(15)24-2/h3-8,10H,9,11H2,1-2H3,(H,20,21). The van der Waals surface area contributed by atoms with Gasteiger partial charge in [0.1, 0.15) is 11.5 Å². The van der Waals surface area contributed by atoms with E-state index in [0.717, 1.165) is 5.56 Å². The predicted molar refractivity (Wildman–Crippen MR) is 94.3 cm³/mol. The molecule has 0 heterocycles. The molecule has 0 saturated heterocycles. The zero-order valence-electron chi connectivity index (χ0n) is 13.9. The second kappa shape index (κ2) is 8.94. The molecule has 0 unspecified atom stereocenters. The fourth-order valence-electron chi connectivity index (χ4n) is 2.11. The Labute approximate surface area is 150 Å². The smallest absolute Gasteiger partial charge is 0.310 e. The van der Waals surface area contributed by atoms with Crippen LogP contribution >= 0.6 is 11.6 Å². The van der Waals surface area contributed by atoms with E-state index in [2.05, 4.69) is 5.32 Å². The molecule has 0 bridgehead atoms.